The van der Waals surface area contributed by atoms with E-state index in [4.69, 9.17) is 27.6 Å². The molecule has 0 aliphatic carbocycles. The largest absolute Gasteiger partial charge is 0.460 e. The molecular weight excluding hydrogens is 349 g/mol. The molecule has 0 amide bonds. The van der Waals surface area contributed by atoms with Gasteiger partial charge in [0, 0.05) is 12.1 Å². The highest BCUT2D eigenvalue weighted by Crippen LogP contribution is 2.34. The molecule has 2 N–H and O–H groups in total. The summed E-state index contributed by atoms with van der Waals surface area (Å²) >= 11 is 12.3. The van der Waals surface area contributed by atoms with Crippen molar-refractivity contribution in [3.63, 3.8) is 0 Å². The molecule has 1 aromatic heterocycles. The van der Waals surface area contributed by atoms with Gasteiger partial charge in [0.25, 0.3) is 0 Å². The van der Waals surface area contributed by atoms with Gasteiger partial charge < -0.3 is 14.6 Å². The van der Waals surface area contributed by atoms with Gasteiger partial charge in [0.05, 0.1) is 28.8 Å². The average molecular weight is 370 g/mol. The van der Waals surface area contributed by atoms with Crippen LogP contribution < -0.4 is 0 Å². The van der Waals surface area contributed by atoms with E-state index in [9.17, 15) is 10.2 Å². The van der Waals surface area contributed by atoms with Crippen molar-refractivity contribution in [3.05, 3.63) is 46.1 Å². The van der Waals surface area contributed by atoms with Crippen LogP contribution in [-0.4, -0.2) is 40.4 Å². The molecule has 4 nitrogen and oxygen atoms in total. The highest BCUT2D eigenvalue weighted by atomic mass is 35.5. The zero-order chi connectivity index (χ0) is 17.2. The molecule has 6 heteroatoms. The van der Waals surface area contributed by atoms with E-state index >= 15 is 0 Å². The van der Waals surface area contributed by atoms with Crippen LogP contribution in [0.3, 0.4) is 0 Å². The van der Waals surface area contributed by atoms with Crippen molar-refractivity contribution < 1.29 is 14.6 Å². The van der Waals surface area contributed by atoms with E-state index in [1.165, 1.54) is 0 Å². The number of furan rings is 1. The fourth-order valence-electron chi connectivity index (χ4n) is 3.07. The summed E-state index contributed by atoms with van der Waals surface area (Å²) in [7, 11) is 0. The molecule has 0 saturated carbocycles. The molecule has 2 heterocycles. The van der Waals surface area contributed by atoms with E-state index in [-0.39, 0.29) is 6.61 Å². The molecule has 1 unspecified atom stereocenters. The van der Waals surface area contributed by atoms with E-state index in [1.807, 2.05) is 24.3 Å². The van der Waals surface area contributed by atoms with Gasteiger partial charge in [-0.2, -0.15) is 0 Å². The summed E-state index contributed by atoms with van der Waals surface area (Å²) in [5, 5.41) is 20.5. The van der Waals surface area contributed by atoms with Gasteiger partial charge in [-0.3, -0.25) is 4.90 Å². The number of hydrogen-bond acceptors (Lipinski definition) is 4. The lowest BCUT2D eigenvalue weighted by Gasteiger charge is -2.24. The Morgan fingerprint density at radius 1 is 1.12 bits per heavy atom. The Kier molecular flexibility index (Phi) is 5.52. The molecule has 1 fully saturated rings. The first-order valence-electron chi connectivity index (χ1n) is 8.09. The molecule has 0 radical (unpaired) electrons. The highest BCUT2D eigenvalue weighted by molar-refractivity contribution is 6.43. The number of aliphatic hydroxyl groups excluding tert-OH is 1. The number of halogens is 2. The van der Waals surface area contributed by atoms with Gasteiger partial charge in [0.1, 0.15) is 11.5 Å². The van der Waals surface area contributed by atoms with E-state index in [2.05, 4.69) is 4.90 Å². The summed E-state index contributed by atoms with van der Waals surface area (Å²) in [6, 6.07) is 9.31. The standard InChI is InChI=1S/C18H21Cl2NO3/c19-15-4-1-3-14(17(15)20)16-6-5-13(24-16)11-21-9-2-7-18(23,12-22)8-10-21/h1,3-6,22-23H,2,7-12H2. The van der Waals surface area contributed by atoms with Crippen molar-refractivity contribution in [2.75, 3.05) is 19.7 Å². The predicted octanol–water partition coefficient (Wildman–Crippen LogP) is 3.96. The molecule has 1 aliphatic heterocycles. The van der Waals surface area contributed by atoms with Gasteiger partial charge in [-0.1, -0.05) is 29.3 Å². The number of aliphatic hydroxyl groups is 2. The second-order valence-electron chi connectivity index (χ2n) is 6.38. The van der Waals surface area contributed by atoms with Crippen molar-refractivity contribution >= 4 is 23.2 Å². The third-order valence-corrected chi connectivity index (χ3v) is 5.38. The normalized spacial score (nSPS) is 22.5. The van der Waals surface area contributed by atoms with E-state index < -0.39 is 5.60 Å². The van der Waals surface area contributed by atoms with E-state index in [0.717, 1.165) is 30.8 Å². The van der Waals surface area contributed by atoms with Crippen molar-refractivity contribution in [1.82, 2.24) is 4.90 Å². The van der Waals surface area contributed by atoms with Crippen LogP contribution in [0.5, 0.6) is 0 Å². The summed E-state index contributed by atoms with van der Waals surface area (Å²) in [6.45, 7) is 2.08. The minimum atomic E-state index is -0.947. The van der Waals surface area contributed by atoms with Gasteiger partial charge in [-0.15, -0.1) is 0 Å². The molecule has 1 atom stereocenters. The molecule has 2 aromatic rings. The maximum Gasteiger partial charge on any atom is 0.135 e. The first kappa shape index (κ1) is 17.8. The third-order valence-electron chi connectivity index (χ3n) is 4.56. The Morgan fingerprint density at radius 3 is 2.75 bits per heavy atom. The molecule has 24 heavy (non-hydrogen) atoms. The zero-order valence-corrected chi connectivity index (χ0v) is 14.9. The lowest BCUT2D eigenvalue weighted by atomic mass is 9.96. The molecule has 130 valence electrons. The maximum absolute atomic E-state index is 10.2. The van der Waals surface area contributed by atoms with Gasteiger partial charge in [-0.05, 0) is 50.1 Å². The Morgan fingerprint density at radius 2 is 1.96 bits per heavy atom. The Bertz CT molecular complexity index is 703. The summed E-state index contributed by atoms with van der Waals surface area (Å²) in [6.07, 6.45) is 2.05. The Labute approximate surface area is 151 Å². The lowest BCUT2D eigenvalue weighted by Crippen LogP contribution is -2.34. The first-order chi connectivity index (χ1) is 11.5. The quantitative estimate of drug-likeness (QED) is 0.855. The fraction of sp³-hybridized carbons (Fsp3) is 0.444. The lowest BCUT2D eigenvalue weighted by molar-refractivity contribution is -0.0256. The molecule has 0 bridgehead atoms. The predicted molar refractivity (Wildman–Crippen MR) is 95.3 cm³/mol. The van der Waals surface area contributed by atoms with Crippen LogP contribution in [0.4, 0.5) is 0 Å². The number of nitrogens with zero attached hydrogens (tertiary/aromatic N) is 1. The number of hydrogen-bond donors (Lipinski definition) is 2. The van der Waals surface area contributed by atoms with Gasteiger partial charge in [0.2, 0.25) is 0 Å². The highest BCUT2D eigenvalue weighted by Gasteiger charge is 2.29. The average Bonchev–Trinajstić information content (AvgIpc) is 2.95. The van der Waals surface area contributed by atoms with Crippen LogP contribution >= 0.6 is 23.2 Å². The minimum Gasteiger partial charge on any atom is -0.460 e. The van der Waals surface area contributed by atoms with Crippen LogP contribution in [-0.2, 0) is 6.54 Å². The summed E-state index contributed by atoms with van der Waals surface area (Å²) < 4.78 is 5.93. The SMILES string of the molecule is OCC1(O)CCCN(Cc2ccc(-c3cccc(Cl)c3Cl)o2)CC1. The Balaban J connectivity index is 1.69. The van der Waals surface area contributed by atoms with Gasteiger partial charge in [-0.25, -0.2) is 0 Å². The van der Waals surface area contributed by atoms with Crippen molar-refractivity contribution in [1.29, 1.82) is 0 Å². The van der Waals surface area contributed by atoms with Crippen molar-refractivity contribution in [2.45, 2.75) is 31.4 Å². The molecule has 1 aromatic carbocycles. The third kappa shape index (κ3) is 3.95. The smallest absolute Gasteiger partial charge is 0.135 e. The van der Waals surface area contributed by atoms with Crippen molar-refractivity contribution in [2.24, 2.45) is 0 Å². The topological polar surface area (TPSA) is 56.8 Å². The van der Waals surface area contributed by atoms with Gasteiger partial charge >= 0.3 is 0 Å². The maximum atomic E-state index is 10.2. The van der Waals surface area contributed by atoms with Crippen LogP contribution in [0.1, 0.15) is 25.0 Å². The zero-order valence-electron chi connectivity index (χ0n) is 13.3. The number of rotatable bonds is 4. The van der Waals surface area contributed by atoms with Crippen LogP contribution in [0.15, 0.2) is 34.7 Å². The molecule has 3 rings (SSSR count). The minimum absolute atomic E-state index is 0.182. The summed E-state index contributed by atoms with van der Waals surface area (Å²) in [4.78, 5) is 2.23. The monoisotopic (exact) mass is 369 g/mol. The molecule has 1 saturated heterocycles. The van der Waals surface area contributed by atoms with Crippen LogP contribution in [0.25, 0.3) is 11.3 Å². The fourth-order valence-corrected chi connectivity index (χ4v) is 3.47. The van der Waals surface area contributed by atoms with Gasteiger partial charge in [0.15, 0.2) is 0 Å². The Hall–Kier alpha value is -1.04. The summed E-state index contributed by atoms with van der Waals surface area (Å²) in [5.41, 5.74) is -0.168. The van der Waals surface area contributed by atoms with E-state index in [1.54, 1.807) is 6.07 Å². The number of likely N-dealkylation sites (tertiary alicyclic amines) is 1. The number of benzene rings is 1. The van der Waals surface area contributed by atoms with Crippen LogP contribution in [0.2, 0.25) is 10.0 Å². The second kappa shape index (κ2) is 7.46. The molecule has 1 aliphatic rings. The van der Waals surface area contributed by atoms with Crippen molar-refractivity contribution in [3.8, 4) is 11.3 Å². The molecular formula is C18H21Cl2NO3. The molecule has 0 spiro atoms. The van der Waals surface area contributed by atoms with E-state index in [0.29, 0.717) is 35.2 Å². The first-order valence-corrected chi connectivity index (χ1v) is 8.85. The summed E-state index contributed by atoms with van der Waals surface area (Å²) in [5.74, 6) is 1.54. The van der Waals surface area contributed by atoms with Crippen LogP contribution in [0, 0.1) is 0 Å². The second-order valence-corrected chi connectivity index (χ2v) is 7.16.